The summed E-state index contributed by atoms with van der Waals surface area (Å²) in [5.41, 5.74) is -0.504. The quantitative estimate of drug-likeness (QED) is 0.256. The van der Waals surface area contributed by atoms with E-state index < -0.39 is 50.8 Å². The van der Waals surface area contributed by atoms with Crippen LogP contribution in [0, 0.1) is 5.41 Å². The summed E-state index contributed by atoms with van der Waals surface area (Å²) in [6, 6.07) is 0. The van der Waals surface area contributed by atoms with Crippen molar-refractivity contribution < 1.29 is 57.2 Å². The first-order valence-corrected chi connectivity index (χ1v) is 11.7. The smallest absolute Gasteiger partial charge is 0.382 e. The molecule has 0 unspecified atom stereocenters. The fourth-order valence-corrected chi connectivity index (χ4v) is 5.13. The largest absolute Gasteiger partial charge is 0.471 e. The van der Waals surface area contributed by atoms with Crippen LogP contribution in [0.3, 0.4) is 0 Å². The van der Waals surface area contributed by atoms with Crippen LogP contribution in [0.25, 0.3) is 0 Å². The second-order valence-corrected chi connectivity index (χ2v) is 10.8. The standard InChI is InChI=1S/C20H26F8O5S/c1-6-17-10-9-13(11(2)12(17)7-8-14(17)31-16(3,4)5)32-34(29,30)20(27,28)19(25,26)33-18(23,24)15(21)22/h7,14-15H,6,8-10H2,1-5H3/t14-,17-/m0/s1. The summed E-state index contributed by atoms with van der Waals surface area (Å²) in [4.78, 5) is 0. The SMILES string of the molecule is CC[C@]12CCC(OS(=O)(=O)C(F)(F)C(F)(F)OC(F)(F)C(F)F)=C(C)C1=CC[C@@H]2OC(C)(C)C. The lowest BCUT2D eigenvalue weighted by atomic mass is 9.67. The van der Waals surface area contributed by atoms with Crippen molar-refractivity contribution in [2.75, 3.05) is 0 Å². The van der Waals surface area contributed by atoms with E-state index in [-0.39, 0.29) is 24.5 Å². The highest BCUT2D eigenvalue weighted by atomic mass is 32.2. The topological polar surface area (TPSA) is 61.8 Å². The van der Waals surface area contributed by atoms with Crippen LogP contribution in [-0.2, 0) is 23.8 Å². The minimum atomic E-state index is -6.65. The summed E-state index contributed by atoms with van der Waals surface area (Å²) >= 11 is 0. The monoisotopic (exact) mass is 530 g/mol. The summed E-state index contributed by atoms with van der Waals surface area (Å²) in [5, 5.41) is -6.41. The van der Waals surface area contributed by atoms with E-state index >= 15 is 0 Å². The molecule has 0 spiro atoms. The van der Waals surface area contributed by atoms with Crippen LogP contribution in [0.5, 0.6) is 0 Å². The lowest BCUT2D eigenvalue weighted by Crippen LogP contribution is -2.53. The van der Waals surface area contributed by atoms with Crippen molar-refractivity contribution >= 4 is 10.1 Å². The summed E-state index contributed by atoms with van der Waals surface area (Å²) < 4.78 is 142. The van der Waals surface area contributed by atoms with Crippen molar-refractivity contribution in [3.05, 3.63) is 23.0 Å². The van der Waals surface area contributed by atoms with Crippen molar-refractivity contribution in [3.63, 3.8) is 0 Å². The zero-order chi connectivity index (χ0) is 26.5. The number of allylic oxidation sites excluding steroid dienone is 2. The van der Waals surface area contributed by atoms with Crippen LogP contribution >= 0.6 is 0 Å². The molecule has 2 atom stereocenters. The summed E-state index contributed by atoms with van der Waals surface area (Å²) in [6.07, 6.45) is -15.2. The Morgan fingerprint density at radius 3 is 2.15 bits per heavy atom. The van der Waals surface area contributed by atoms with Crippen molar-refractivity contribution in [2.45, 2.75) is 95.9 Å². The van der Waals surface area contributed by atoms with Crippen LogP contribution in [-0.4, -0.2) is 44.0 Å². The second kappa shape index (κ2) is 8.91. The minimum Gasteiger partial charge on any atom is -0.382 e. The van der Waals surface area contributed by atoms with Gasteiger partial charge in [-0.2, -0.15) is 34.8 Å². The van der Waals surface area contributed by atoms with Gasteiger partial charge in [0.1, 0.15) is 5.76 Å². The van der Waals surface area contributed by atoms with Gasteiger partial charge >= 0.3 is 34.0 Å². The molecule has 14 heteroatoms. The number of halogens is 8. The molecule has 0 heterocycles. The van der Waals surface area contributed by atoms with Gasteiger partial charge in [-0.05, 0) is 58.1 Å². The lowest BCUT2D eigenvalue weighted by molar-refractivity contribution is -0.435. The van der Waals surface area contributed by atoms with E-state index in [1.165, 1.54) is 6.92 Å². The van der Waals surface area contributed by atoms with Gasteiger partial charge in [0.05, 0.1) is 11.7 Å². The van der Waals surface area contributed by atoms with Gasteiger partial charge in [0.2, 0.25) is 0 Å². The number of rotatable bonds is 9. The Labute approximate surface area is 192 Å². The van der Waals surface area contributed by atoms with Gasteiger partial charge in [-0.15, -0.1) is 0 Å². The molecule has 2 aliphatic carbocycles. The number of fused-ring (bicyclic) bond motifs is 1. The van der Waals surface area contributed by atoms with Crippen LogP contribution in [0.1, 0.15) is 60.3 Å². The molecule has 0 saturated carbocycles. The number of hydrogen-bond donors (Lipinski definition) is 0. The molecule has 5 nitrogen and oxygen atoms in total. The molecule has 0 bridgehead atoms. The van der Waals surface area contributed by atoms with E-state index in [4.69, 9.17) is 4.74 Å². The van der Waals surface area contributed by atoms with E-state index in [1.807, 2.05) is 27.7 Å². The van der Waals surface area contributed by atoms with Gasteiger partial charge in [-0.25, -0.2) is 13.5 Å². The van der Waals surface area contributed by atoms with Crippen molar-refractivity contribution in [2.24, 2.45) is 5.41 Å². The van der Waals surface area contributed by atoms with E-state index in [9.17, 15) is 43.5 Å². The molecule has 2 rings (SSSR count). The third-order valence-electron chi connectivity index (χ3n) is 5.82. The molecule has 0 aliphatic heterocycles. The Morgan fingerprint density at radius 2 is 1.68 bits per heavy atom. The van der Waals surface area contributed by atoms with Crippen LogP contribution < -0.4 is 0 Å². The molecule has 0 aromatic heterocycles. The molecule has 0 fully saturated rings. The zero-order valence-electron chi connectivity index (χ0n) is 19.0. The molecule has 0 amide bonds. The third kappa shape index (κ3) is 5.08. The van der Waals surface area contributed by atoms with Crippen molar-refractivity contribution in [1.82, 2.24) is 0 Å². The van der Waals surface area contributed by atoms with Gasteiger partial charge in [0, 0.05) is 11.8 Å². The molecule has 198 valence electrons. The van der Waals surface area contributed by atoms with E-state index in [1.54, 1.807) is 6.08 Å². The van der Waals surface area contributed by atoms with Crippen LogP contribution in [0.2, 0.25) is 0 Å². The molecule has 34 heavy (non-hydrogen) atoms. The first-order valence-electron chi connectivity index (χ1n) is 10.3. The zero-order valence-corrected chi connectivity index (χ0v) is 19.9. The Kier molecular flexibility index (Phi) is 7.56. The first-order chi connectivity index (χ1) is 15.1. The average Bonchev–Trinajstić information content (AvgIpc) is 3.00. The van der Waals surface area contributed by atoms with Crippen LogP contribution in [0.15, 0.2) is 23.0 Å². The lowest BCUT2D eigenvalue weighted by Gasteiger charge is -2.43. The Bertz CT molecular complexity index is 953. The number of hydrogen-bond acceptors (Lipinski definition) is 5. The highest BCUT2D eigenvalue weighted by Gasteiger charge is 2.73. The first kappa shape index (κ1) is 28.8. The fourth-order valence-electron chi connectivity index (χ4n) is 4.22. The molecule has 0 aromatic carbocycles. The predicted molar refractivity (Wildman–Crippen MR) is 104 cm³/mol. The Hall–Kier alpha value is -1.41. The van der Waals surface area contributed by atoms with E-state index in [2.05, 4.69) is 8.92 Å². The molecular formula is C20H26F8O5S. The second-order valence-electron chi connectivity index (χ2n) is 9.17. The molecule has 0 radical (unpaired) electrons. The van der Waals surface area contributed by atoms with E-state index in [0.29, 0.717) is 18.4 Å². The maximum atomic E-state index is 14.1. The maximum Gasteiger partial charge on any atom is 0.471 e. The molecule has 0 N–H and O–H groups in total. The van der Waals surface area contributed by atoms with Crippen molar-refractivity contribution in [3.8, 4) is 0 Å². The van der Waals surface area contributed by atoms with Gasteiger partial charge in [0.25, 0.3) is 0 Å². The maximum absolute atomic E-state index is 14.1. The highest BCUT2D eigenvalue weighted by molar-refractivity contribution is 7.88. The van der Waals surface area contributed by atoms with Gasteiger partial charge in [-0.1, -0.05) is 13.0 Å². The molecule has 0 saturated heterocycles. The van der Waals surface area contributed by atoms with Crippen molar-refractivity contribution in [1.29, 1.82) is 0 Å². The number of alkyl halides is 8. The van der Waals surface area contributed by atoms with E-state index in [0.717, 1.165) is 0 Å². The minimum absolute atomic E-state index is 0.0922. The molecule has 2 aliphatic rings. The van der Waals surface area contributed by atoms with Gasteiger partial charge in [-0.3, -0.25) is 0 Å². The fraction of sp³-hybridized carbons (Fsp3) is 0.800. The predicted octanol–water partition coefficient (Wildman–Crippen LogP) is 6.37. The van der Waals surface area contributed by atoms with Gasteiger partial charge < -0.3 is 8.92 Å². The van der Waals surface area contributed by atoms with Gasteiger partial charge in [0.15, 0.2) is 0 Å². The summed E-state index contributed by atoms with van der Waals surface area (Å²) in [6.45, 7) is 8.70. The third-order valence-corrected chi connectivity index (χ3v) is 7.10. The van der Waals surface area contributed by atoms with Crippen LogP contribution in [0.4, 0.5) is 35.1 Å². The highest BCUT2D eigenvalue weighted by Crippen LogP contribution is 2.55. The molecular weight excluding hydrogens is 504 g/mol. The Balaban J connectivity index is 2.36. The Morgan fingerprint density at radius 1 is 1.12 bits per heavy atom. The average molecular weight is 530 g/mol. The molecule has 0 aromatic rings. The number of ether oxygens (including phenoxy) is 2. The summed E-state index contributed by atoms with van der Waals surface area (Å²) in [5.74, 6) is -0.595. The summed E-state index contributed by atoms with van der Waals surface area (Å²) in [7, 11) is -6.65. The normalized spacial score (nSPS) is 25.0.